The van der Waals surface area contributed by atoms with E-state index in [0.717, 1.165) is 5.92 Å². The Morgan fingerprint density at radius 1 is 1.33 bits per heavy atom. The predicted octanol–water partition coefficient (Wildman–Crippen LogP) is 0.522. The van der Waals surface area contributed by atoms with Gasteiger partial charge in [-0.25, -0.2) is 0 Å². The van der Waals surface area contributed by atoms with Crippen molar-refractivity contribution in [3.63, 3.8) is 0 Å². The number of piperidine rings is 1. The molecular weight excluding hydrogens is 192 g/mol. The van der Waals surface area contributed by atoms with E-state index in [1.165, 1.54) is 17.7 Å². The van der Waals surface area contributed by atoms with Crippen molar-refractivity contribution in [2.24, 2.45) is 5.92 Å². The summed E-state index contributed by atoms with van der Waals surface area (Å²) in [6.45, 7) is 2.13. The van der Waals surface area contributed by atoms with E-state index in [1.54, 1.807) is 7.05 Å². The van der Waals surface area contributed by atoms with Crippen LogP contribution in [-0.2, 0) is 9.59 Å². The lowest BCUT2D eigenvalue weighted by Gasteiger charge is -2.30. The van der Waals surface area contributed by atoms with E-state index >= 15 is 0 Å². The lowest BCUT2D eigenvalue weighted by molar-refractivity contribution is -0.148. The summed E-state index contributed by atoms with van der Waals surface area (Å²) in [6.07, 6.45) is 3.67. The van der Waals surface area contributed by atoms with Crippen molar-refractivity contribution in [3.8, 4) is 0 Å². The molecule has 2 amide bonds. The van der Waals surface area contributed by atoms with Crippen LogP contribution in [-0.4, -0.2) is 35.8 Å². The van der Waals surface area contributed by atoms with Crippen LogP contribution >= 0.6 is 0 Å². The van der Waals surface area contributed by atoms with Gasteiger partial charge in [-0.3, -0.25) is 14.5 Å². The molecule has 0 aromatic rings. The maximum absolute atomic E-state index is 11.8. The van der Waals surface area contributed by atoms with Crippen molar-refractivity contribution in [1.82, 2.24) is 10.2 Å². The van der Waals surface area contributed by atoms with Crippen molar-refractivity contribution in [3.05, 3.63) is 0 Å². The smallest absolute Gasteiger partial charge is 0.246 e. The highest BCUT2D eigenvalue weighted by Crippen LogP contribution is 2.32. The zero-order valence-corrected chi connectivity index (χ0v) is 9.32. The number of amides is 2. The molecule has 0 spiro atoms. The molecular formula is C11H18N2O2. The molecule has 1 saturated carbocycles. The van der Waals surface area contributed by atoms with Crippen LogP contribution in [0.2, 0.25) is 0 Å². The number of hydrogen-bond donors (Lipinski definition) is 1. The monoisotopic (exact) mass is 210 g/mol. The molecule has 84 valence electrons. The van der Waals surface area contributed by atoms with E-state index < -0.39 is 0 Å². The Morgan fingerprint density at radius 3 is 2.60 bits per heavy atom. The summed E-state index contributed by atoms with van der Waals surface area (Å²) in [6, 6.07) is 0.254. The summed E-state index contributed by atoms with van der Waals surface area (Å²) < 4.78 is 0. The van der Waals surface area contributed by atoms with Crippen molar-refractivity contribution in [2.45, 2.75) is 44.7 Å². The fourth-order valence-corrected chi connectivity index (χ4v) is 2.12. The number of likely N-dealkylation sites (tertiary alicyclic amines) is 1. The summed E-state index contributed by atoms with van der Waals surface area (Å²) in [5.41, 5.74) is 0. The van der Waals surface area contributed by atoms with Gasteiger partial charge in [-0.1, -0.05) is 0 Å². The van der Waals surface area contributed by atoms with E-state index in [4.69, 9.17) is 0 Å². The van der Waals surface area contributed by atoms with E-state index in [9.17, 15) is 9.59 Å². The lowest BCUT2D eigenvalue weighted by atomic mass is 10.0. The molecule has 4 nitrogen and oxygen atoms in total. The molecule has 2 atom stereocenters. The van der Waals surface area contributed by atoms with Crippen molar-refractivity contribution >= 4 is 11.8 Å². The van der Waals surface area contributed by atoms with Crippen LogP contribution in [0.15, 0.2) is 0 Å². The highest BCUT2D eigenvalue weighted by atomic mass is 16.2. The Balaban J connectivity index is 1.91. The van der Waals surface area contributed by atoms with Gasteiger partial charge in [0.2, 0.25) is 11.8 Å². The zero-order valence-electron chi connectivity index (χ0n) is 9.32. The molecule has 15 heavy (non-hydrogen) atoms. The lowest BCUT2D eigenvalue weighted by Crippen LogP contribution is -2.53. The van der Waals surface area contributed by atoms with Crippen LogP contribution in [0.5, 0.6) is 0 Å². The number of likely N-dealkylation sites (N-methyl/N-ethyl adjacent to an activating group) is 1. The summed E-state index contributed by atoms with van der Waals surface area (Å²) >= 11 is 0. The third-order valence-electron chi connectivity index (χ3n) is 3.44. The maximum Gasteiger partial charge on any atom is 0.246 e. The van der Waals surface area contributed by atoms with Gasteiger partial charge >= 0.3 is 0 Å². The largest absolute Gasteiger partial charge is 0.303 e. The quantitative estimate of drug-likeness (QED) is 0.691. The first-order valence-electron chi connectivity index (χ1n) is 5.66. The van der Waals surface area contributed by atoms with Crippen LogP contribution in [0.25, 0.3) is 0 Å². The molecule has 1 N–H and O–H groups in total. The zero-order chi connectivity index (χ0) is 11.0. The normalized spacial score (nSPS) is 29.5. The average Bonchev–Trinajstić information content (AvgIpc) is 3.02. The highest BCUT2D eigenvalue weighted by Gasteiger charge is 2.35. The SMILES string of the molecule is CC(NC1CCC(=O)N(C)C1=O)C1CC1. The van der Waals surface area contributed by atoms with Crippen LogP contribution in [0.1, 0.15) is 32.6 Å². The molecule has 0 aromatic carbocycles. The molecule has 0 bridgehead atoms. The second-order valence-corrected chi connectivity index (χ2v) is 4.68. The minimum absolute atomic E-state index is 0.0582. The van der Waals surface area contributed by atoms with E-state index in [2.05, 4.69) is 12.2 Å². The molecule has 0 aromatic heterocycles. The number of hydrogen-bond acceptors (Lipinski definition) is 3. The first-order chi connectivity index (χ1) is 7.09. The first-order valence-corrected chi connectivity index (χ1v) is 5.66. The van der Waals surface area contributed by atoms with Gasteiger partial charge in [0.15, 0.2) is 0 Å². The number of rotatable bonds is 3. The number of carbonyl (C=O) groups is 2. The second kappa shape index (κ2) is 3.93. The minimum atomic E-state index is -0.150. The average molecular weight is 210 g/mol. The highest BCUT2D eigenvalue weighted by molar-refractivity contribution is 6.00. The van der Waals surface area contributed by atoms with Gasteiger partial charge in [0.05, 0.1) is 6.04 Å². The van der Waals surface area contributed by atoms with Crippen molar-refractivity contribution < 1.29 is 9.59 Å². The van der Waals surface area contributed by atoms with Crippen LogP contribution in [0.3, 0.4) is 0 Å². The van der Waals surface area contributed by atoms with Crippen LogP contribution < -0.4 is 5.32 Å². The Labute approximate surface area is 90.0 Å². The molecule has 2 unspecified atom stereocenters. The predicted molar refractivity (Wildman–Crippen MR) is 56.1 cm³/mol. The van der Waals surface area contributed by atoms with Crippen molar-refractivity contribution in [2.75, 3.05) is 7.05 Å². The van der Waals surface area contributed by atoms with Gasteiger partial charge in [-0.15, -0.1) is 0 Å². The third kappa shape index (κ3) is 2.20. The molecule has 0 radical (unpaired) electrons. The molecule has 1 aliphatic carbocycles. The van der Waals surface area contributed by atoms with E-state index in [-0.39, 0.29) is 17.9 Å². The Kier molecular flexibility index (Phi) is 2.78. The number of imide groups is 1. The fourth-order valence-electron chi connectivity index (χ4n) is 2.12. The molecule has 1 saturated heterocycles. The van der Waals surface area contributed by atoms with Gasteiger partial charge in [0.25, 0.3) is 0 Å². The summed E-state index contributed by atoms with van der Waals surface area (Å²) in [4.78, 5) is 24.3. The van der Waals surface area contributed by atoms with Gasteiger partial charge in [0.1, 0.15) is 0 Å². The third-order valence-corrected chi connectivity index (χ3v) is 3.44. The van der Waals surface area contributed by atoms with Crippen molar-refractivity contribution in [1.29, 1.82) is 0 Å². The Hall–Kier alpha value is -0.900. The Bertz CT molecular complexity index is 286. The number of carbonyl (C=O) groups excluding carboxylic acids is 2. The molecule has 1 aliphatic heterocycles. The Morgan fingerprint density at radius 2 is 2.00 bits per heavy atom. The van der Waals surface area contributed by atoms with E-state index in [1.807, 2.05) is 0 Å². The summed E-state index contributed by atoms with van der Waals surface area (Å²) in [5, 5.41) is 3.34. The van der Waals surface area contributed by atoms with Gasteiger partial charge < -0.3 is 5.32 Å². The standard InChI is InChI=1S/C11H18N2O2/c1-7(8-3-4-8)12-9-5-6-10(14)13(2)11(9)15/h7-9,12H,3-6H2,1-2H3. The molecule has 4 heteroatoms. The fraction of sp³-hybridized carbons (Fsp3) is 0.818. The van der Waals surface area contributed by atoms with Crippen LogP contribution in [0, 0.1) is 5.92 Å². The summed E-state index contributed by atoms with van der Waals surface area (Å²) in [5.74, 6) is 0.608. The molecule has 2 aliphatic rings. The number of nitrogens with zero attached hydrogens (tertiary/aromatic N) is 1. The maximum atomic E-state index is 11.8. The van der Waals surface area contributed by atoms with Crippen LogP contribution in [0.4, 0.5) is 0 Å². The van der Waals surface area contributed by atoms with E-state index in [0.29, 0.717) is 18.9 Å². The molecule has 2 fully saturated rings. The van der Waals surface area contributed by atoms with Gasteiger partial charge in [-0.05, 0) is 32.1 Å². The van der Waals surface area contributed by atoms with Gasteiger partial charge in [0, 0.05) is 19.5 Å². The summed E-state index contributed by atoms with van der Waals surface area (Å²) in [7, 11) is 1.57. The first kappa shape index (κ1) is 10.6. The van der Waals surface area contributed by atoms with Gasteiger partial charge in [-0.2, -0.15) is 0 Å². The molecule has 2 rings (SSSR count). The number of nitrogens with one attached hydrogen (secondary N) is 1. The topological polar surface area (TPSA) is 49.4 Å². The minimum Gasteiger partial charge on any atom is -0.303 e. The molecule has 1 heterocycles. The second-order valence-electron chi connectivity index (χ2n) is 4.68.